The third-order valence-electron chi connectivity index (χ3n) is 6.55. The molecule has 0 amide bonds. The van der Waals surface area contributed by atoms with Gasteiger partial charge in [-0.2, -0.15) is 0 Å². The molecule has 0 bridgehead atoms. The standard InChI is InChI=1S/C21H41NO5Si/c1-21(2,3)28(7,8)27-12-10-9-11-22(4)18-14-16(19(23)25-5)13-17(15-18)20(24)26-6/h16-18H,9-15H2,1-8H3/t16-,17+,18?. The number of nitrogens with zero attached hydrogens (tertiary/aromatic N) is 1. The van der Waals surface area contributed by atoms with E-state index in [9.17, 15) is 9.59 Å². The summed E-state index contributed by atoms with van der Waals surface area (Å²) in [4.78, 5) is 26.4. The molecular weight excluding hydrogens is 374 g/mol. The van der Waals surface area contributed by atoms with Crippen molar-refractivity contribution in [1.82, 2.24) is 4.90 Å². The van der Waals surface area contributed by atoms with Crippen molar-refractivity contribution < 1.29 is 23.5 Å². The lowest BCUT2D eigenvalue weighted by Crippen LogP contribution is -2.43. The number of esters is 2. The average Bonchev–Trinajstić information content (AvgIpc) is 2.64. The van der Waals surface area contributed by atoms with E-state index in [0.717, 1.165) is 38.8 Å². The summed E-state index contributed by atoms with van der Waals surface area (Å²) in [5, 5.41) is 0.234. The average molecular weight is 416 g/mol. The van der Waals surface area contributed by atoms with E-state index in [0.29, 0.717) is 6.42 Å². The molecule has 1 unspecified atom stereocenters. The molecule has 1 fully saturated rings. The van der Waals surface area contributed by atoms with Crippen LogP contribution in [0.1, 0.15) is 52.9 Å². The molecule has 1 aliphatic carbocycles. The molecule has 1 aliphatic rings. The lowest BCUT2D eigenvalue weighted by atomic mass is 9.78. The zero-order valence-corrected chi connectivity index (χ0v) is 20.2. The zero-order valence-electron chi connectivity index (χ0n) is 19.2. The lowest BCUT2D eigenvalue weighted by molar-refractivity contribution is -0.153. The van der Waals surface area contributed by atoms with Gasteiger partial charge in [-0.25, -0.2) is 0 Å². The van der Waals surface area contributed by atoms with Gasteiger partial charge < -0.3 is 18.8 Å². The van der Waals surface area contributed by atoms with E-state index in [1.54, 1.807) is 0 Å². The predicted molar refractivity (Wildman–Crippen MR) is 114 cm³/mol. The van der Waals surface area contributed by atoms with E-state index in [-0.39, 0.29) is 34.9 Å². The molecule has 28 heavy (non-hydrogen) atoms. The van der Waals surface area contributed by atoms with Crippen LogP contribution in [0.2, 0.25) is 18.1 Å². The Morgan fingerprint density at radius 3 is 1.89 bits per heavy atom. The summed E-state index contributed by atoms with van der Waals surface area (Å²) < 4.78 is 16.1. The molecule has 0 aromatic rings. The maximum absolute atomic E-state index is 12.1. The Bertz CT molecular complexity index is 493. The Balaban J connectivity index is 2.51. The summed E-state index contributed by atoms with van der Waals surface area (Å²) in [7, 11) is 3.21. The Morgan fingerprint density at radius 1 is 0.964 bits per heavy atom. The molecular formula is C21H41NO5Si. The van der Waals surface area contributed by atoms with E-state index < -0.39 is 8.32 Å². The molecule has 0 N–H and O–H groups in total. The molecule has 0 saturated heterocycles. The third kappa shape index (κ3) is 7.15. The Morgan fingerprint density at radius 2 is 1.46 bits per heavy atom. The van der Waals surface area contributed by atoms with Crippen molar-refractivity contribution in [1.29, 1.82) is 0 Å². The maximum Gasteiger partial charge on any atom is 0.308 e. The first-order valence-corrected chi connectivity index (χ1v) is 13.3. The van der Waals surface area contributed by atoms with Crippen LogP contribution in [-0.2, 0) is 23.5 Å². The van der Waals surface area contributed by atoms with Gasteiger partial charge in [-0.1, -0.05) is 20.8 Å². The van der Waals surface area contributed by atoms with Crippen molar-refractivity contribution in [2.24, 2.45) is 11.8 Å². The topological polar surface area (TPSA) is 65.1 Å². The predicted octanol–water partition coefficient (Wildman–Crippen LogP) is 3.85. The van der Waals surface area contributed by atoms with Crippen LogP contribution < -0.4 is 0 Å². The van der Waals surface area contributed by atoms with Crippen molar-refractivity contribution in [3.63, 3.8) is 0 Å². The third-order valence-corrected chi connectivity index (χ3v) is 11.1. The summed E-state index contributed by atoms with van der Waals surface area (Å²) in [6.45, 7) is 13.0. The minimum absolute atomic E-state index is 0.184. The smallest absolute Gasteiger partial charge is 0.308 e. The highest BCUT2D eigenvalue weighted by Gasteiger charge is 2.39. The summed E-state index contributed by atoms with van der Waals surface area (Å²) in [5.41, 5.74) is 0. The number of carbonyl (C=O) groups excluding carboxylic acids is 2. The highest BCUT2D eigenvalue weighted by molar-refractivity contribution is 6.74. The van der Waals surface area contributed by atoms with Gasteiger partial charge in [0.25, 0.3) is 0 Å². The quantitative estimate of drug-likeness (QED) is 0.324. The van der Waals surface area contributed by atoms with Crippen molar-refractivity contribution in [3.8, 4) is 0 Å². The van der Waals surface area contributed by atoms with Crippen LogP contribution in [0.4, 0.5) is 0 Å². The van der Waals surface area contributed by atoms with Crippen molar-refractivity contribution in [2.75, 3.05) is 34.4 Å². The molecule has 3 atom stereocenters. The van der Waals surface area contributed by atoms with E-state index in [1.807, 2.05) is 0 Å². The molecule has 0 spiro atoms. The molecule has 0 heterocycles. The SMILES string of the molecule is COC(=O)[C@@H]1CC(N(C)CCCCO[Si](C)(C)C(C)(C)C)C[C@H](C(=O)OC)C1. The molecule has 6 nitrogen and oxygen atoms in total. The second kappa shape index (κ2) is 10.7. The van der Waals surface area contributed by atoms with Gasteiger partial charge in [0, 0.05) is 12.6 Å². The van der Waals surface area contributed by atoms with Crippen LogP contribution in [-0.4, -0.2) is 65.6 Å². The summed E-state index contributed by atoms with van der Waals surface area (Å²) >= 11 is 0. The van der Waals surface area contributed by atoms with Gasteiger partial charge in [-0.05, 0) is 63.8 Å². The van der Waals surface area contributed by atoms with Gasteiger partial charge in [0.15, 0.2) is 8.32 Å². The van der Waals surface area contributed by atoms with Crippen LogP contribution in [0.5, 0.6) is 0 Å². The second-order valence-corrected chi connectivity index (χ2v) is 14.4. The molecule has 0 aliphatic heterocycles. The van der Waals surface area contributed by atoms with Crippen molar-refractivity contribution in [3.05, 3.63) is 0 Å². The molecule has 0 radical (unpaired) electrons. The summed E-state index contributed by atoms with van der Waals surface area (Å²) in [6, 6.07) is 0.184. The van der Waals surface area contributed by atoms with Crippen LogP contribution >= 0.6 is 0 Å². The number of unbranched alkanes of at least 4 members (excludes halogenated alkanes) is 1. The van der Waals surface area contributed by atoms with Crippen molar-refractivity contribution >= 4 is 20.3 Å². The van der Waals surface area contributed by atoms with Gasteiger partial charge >= 0.3 is 11.9 Å². The van der Waals surface area contributed by atoms with Crippen LogP contribution in [0.3, 0.4) is 0 Å². The Hall–Kier alpha value is -0.923. The van der Waals surface area contributed by atoms with E-state index in [1.165, 1.54) is 14.2 Å². The van der Waals surface area contributed by atoms with Crippen LogP contribution in [0.25, 0.3) is 0 Å². The van der Waals surface area contributed by atoms with Crippen molar-refractivity contribution in [2.45, 2.75) is 77.0 Å². The molecule has 7 heteroatoms. The van der Waals surface area contributed by atoms with Gasteiger partial charge in [0.1, 0.15) is 0 Å². The van der Waals surface area contributed by atoms with E-state index in [4.69, 9.17) is 13.9 Å². The minimum Gasteiger partial charge on any atom is -0.469 e. The first-order chi connectivity index (χ1) is 12.9. The zero-order chi connectivity index (χ0) is 21.5. The van der Waals surface area contributed by atoms with Crippen LogP contribution in [0, 0.1) is 11.8 Å². The number of carbonyl (C=O) groups is 2. The fourth-order valence-electron chi connectivity index (χ4n) is 3.56. The number of ether oxygens (including phenoxy) is 2. The highest BCUT2D eigenvalue weighted by atomic mass is 28.4. The highest BCUT2D eigenvalue weighted by Crippen LogP contribution is 2.36. The van der Waals surface area contributed by atoms with Gasteiger partial charge in [0.05, 0.1) is 26.1 Å². The second-order valence-electron chi connectivity index (χ2n) is 9.60. The summed E-state index contributed by atoms with van der Waals surface area (Å²) in [5.74, 6) is -0.931. The largest absolute Gasteiger partial charge is 0.469 e. The molecule has 1 rings (SSSR count). The number of hydrogen-bond acceptors (Lipinski definition) is 6. The Labute approximate surface area is 172 Å². The van der Waals surface area contributed by atoms with Crippen LogP contribution in [0.15, 0.2) is 0 Å². The number of rotatable bonds is 9. The fourth-order valence-corrected chi connectivity index (χ4v) is 4.64. The van der Waals surface area contributed by atoms with E-state index in [2.05, 4.69) is 45.8 Å². The van der Waals surface area contributed by atoms with Gasteiger partial charge in [-0.15, -0.1) is 0 Å². The van der Waals surface area contributed by atoms with Gasteiger partial charge in [-0.3, -0.25) is 9.59 Å². The molecule has 1 saturated carbocycles. The molecule has 0 aromatic heterocycles. The minimum atomic E-state index is -1.68. The summed E-state index contributed by atoms with van der Waals surface area (Å²) in [6.07, 6.45) is 4.04. The normalized spacial score (nSPS) is 23.5. The monoisotopic (exact) mass is 415 g/mol. The first-order valence-electron chi connectivity index (χ1n) is 10.4. The molecule has 0 aromatic carbocycles. The lowest BCUT2D eigenvalue weighted by Gasteiger charge is -2.38. The van der Waals surface area contributed by atoms with E-state index >= 15 is 0 Å². The maximum atomic E-state index is 12.1. The Kier molecular flexibility index (Phi) is 9.63. The molecule has 164 valence electrons. The fraction of sp³-hybridized carbons (Fsp3) is 0.905. The number of hydrogen-bond donors (Lipinski definition) is 0. The number of methoxy groups -OCH3 is 2. The van der Waals surface area contributed by atoms with Gasteiger partial charge in [0.2, 0.25) is 0 Å². The first kappa shape index (κ1) is 25.1.